The molecule has 0 unspecified atom stereocenters. The van der Waals surface area contributed by atoms with Crippen LogP contribution in [0.4, 0.5) is 0 Å². The van der Waals surface area contributed by atoms with Crippen LogP contribution in [0.2, 0.25) is 0 Å². The third kappa shape index (κ3) is 5.22. The van der Waals surface area contributed by atoms with Gasteiger partial charge in [0.05, 0.1) is 18.6 Å². The second kappa shape index (κ2) is 11.1. The largest absolute Gasteiger partial charge is 0.461 e. The molecule has 6 nitrogen and oxygen atoms in total. The smallest absolute Gasteiger partial charge is 0.358 e. The summed E-state index contributed by atoms with van der Waals surface area (Å²) >= 11 is 0. The van der Waals surface area contributed by atoms with E-state index in [1.165, 1.54) is 0 Å². The minimum atomic E-state index is -0.375. The van der Waals surface area contributed by atoms with Crippen molar-refractivity contribution >= 4 is 11.9 Å². The number of aromatic nitrogens is 2. The van der Waals surface area contributed by atoms with Crippen LogP contribution in [0.15, 0.2) is 66.7 Å². The zero-order valence-electron chi connectivity index (χ0n) is 20.0. The molecule has 1 aromatic heterocycles. The lowest BCUT2D eigenvalue weighted by Gasteiger charge is -2.35. The summed E-state index contributed by atoms with van der Waals surface area (Å²) in [7, 11) is 0. The molecule has 0 aliphatic carbocycles. The molecular formula is C28H33N3O3. The van der Waals surface area contributed by atoms with Gasteiger partial charge in [0, 0.05) is 18.8 Å². The molecule has 0 N–H and O–H groups in total. The second-order valence-corrected chi connectivity index (χ2v) is 8.75. The lowest BCUT2D eigenvalue weighted by Crippen LogP contribution is -2.42. The van der Waals surface area contributed by atoms with Crippen molar-refractivity contribution in [3.05, 3.63) is 89.2 Å². The molecular weight excluding hydrogens is 426 g/mol. The number of aryl methyl sites for hydroxylation is 1. The van der Waals surface area contributed by atoms with Gasteiger partial charge < -0.3 is 9.64 Å². The predicted octanol–water partition coefficient (Wildman–Crippen LogP) is 5.01. The Labute approximate surface area is 201 Å². The topological polar surface area (TPSA) is 64.4 Å². The highest BCUT2D eigenvalue weighted by Crippen LogP contribution is 2.31. The maximum absolute atomic E-state index is 13.7. The Bertz CT molecular complexity index is 1050. The quantitative estimate of drug-likeness (QED) is 0.444. The number of esters is 1. The van der Waals surface area contributed by atoms with E-state index in [2.05, 4.69) is 12.0 Å². The lowest BCUT2D eigenvalue weighted by molar-refractivity contribution is -0.133. The summed E-state index contributed by atoms with van der Waals surface area (Å²) in [5.74, 6) is -0.549. The average molecular weight is 460 g/mol. The van der Waals surface area contributed by atoms with E-state index in [1.807, 2.05) is 76.3 Å². The fourth-order valence-electron chi connectivity index (χ4n) is 4.78. The molecule has 0 radical (unpaired) electrons. The molecule has 1 aliphatic heterocycles. The second-order valence-electron chi connectivity index (χ2n) is 8.75. The highest BCUT2D eigenvalue weighted by atomic mass is 16.5. The van der Waals surface area contributed by atoms with Crippen molar-refractivity contribution in [1.82, 2.24) is 14.7 Å². The molecule has 1 fully saturated rings. The van der Waals surface area contributed by atoms with Crippen LogP contribution in [0.1, 0.15) is 72.4 Å². The first kappa shape index (κ1) is 23.7. The molecule has 1 aliphatic rings. The van der Waals surface area contributed by atoms with E-state index in [0.29, 0.717) is 25.4 Å². The molecule has 3 aromatic rings. The maximum atomic E-state index is 13.7. The number of likely N-dealkylation sites (tertiary alicyclic amines) is 1. The Hall–Kier alpha value is -3.41. The number of rotatable bonds is 8. The number of nitrogens with zero attached hydrogens (tertiary/aromatic N) is 3. The Morgan fingerprint density at radius 2 is 1.56 bits per heavy atom. The molecule has 34 heavy (non-hydrogen) atoms. The third-order valence-corrected chi connectivity index (χ3v) is 6.44. The number of hydrogen-bond donors (Lipinski definition) is 0. The van der Waals surface area contributed by atoms with Crippen LogP contribution in [0.5, 0.6) is 0 Å². The van der Waals surface area contributed by atoms with Gasteiger partial charge in [-0.25, -0.2) is 4.79 Å². The van der Waals surface area contributed by atoms with Gasteiger partial charge in [0.25, 0.3) is 0 Å². The first-order valence-corrected chi connectivity index (χ1v) is 12.3. The average Bonchev–Trinajstić information content (AvgIpc) is 3.30. The number of carbonyl (C=O) groups excluding carboxylic acids is 2. The Morgan fingerprint density at radius 3 is 2.09 bits per heavy atom. The fraction of sp³-hybridized carbons (Fsp3) is 0.393. The molecule has 0 bridgehead atoms. The predicted molar refractivity (Wildman–Crippen MR) is 132 cm³/mol. The standard InChI is InChI=1S/C28H33N3O3/c1-3-11-24-20-25(28(33)34-4-2)29-31(24)23-16-18-30(19-17-23)27(32)26(21-12-7-5-8-13-21)22-14-9-6-10-15-22/h5-10,12-15,20,23,26H,3-4,11,16-19H2,1-2H3. The van der Waals surface area contributed by atoms with Gasteiger partial charge in [0.15, 0.2) is 5.69 Å². The zero-order valence-corrected chi connectivity index (χ0v) is 20.0. The summed E-state index contributed by atoms with van der Waals surface area (Å²) in [6, 6.07) is 22.0. The molecule has 0 atom stereocenters. The molecule has 0 saturated carbocycles. The minimum absolute atomic E-state index is 0.136. The first-order valence-electron chi connectivity index (χ1n) is 12.3. The van der Waals surface area contributed by atoms with Crippen LogP contribution in [0.3, 0.4) is 0 Å². The number of benzene rings is 2. The van der Waals surface area contributed by atoms with Gasteiger partial charge in [-0.2, -0.15) is 5.10 Å². The van der Waals surface area contributed by atoms with E-state index in [4.69, 9.17) is 4.74 Å². The lowest BCUT2D eigenvalue weighted by atomic mass is 9.89. The Balaban J connectivity index is 1.51. The summed E-state index contributed by atoms with van der Waals surface area (Å²) in [5.41, 5.74) is 3.45. The van der Waals surface area contributed by atoms with Crippen LogP contribution in [-0.2, 0) is 16.0 Å². The molecule has 2 aromatic carbocycles. The Kier molecular flexibility index (Phi) is 7.78. The van der Waals surface area contributed by atoms with Crippen molar-refractivity contribution in [2.45, 2.75) is 51.5 Å². The summed E-state index contributed by atoms with van der Waals surface area (Å²) < 4.78 is 7.16. The molecule has 1 amide bonds. The van der Waals surface area contributed by atoms with Crippen LogP contribution in [0.25, 0.3) is 0 Å². The van der Waals surface area contributed by atoms with Gasteiger partial charge in [0.2, 0.25) is 5.91 Å². The number of amides is 1. The minimum Gasteiger partial charge on any atom is -0.461 e. The van der Waals surface area contributed by atoms with E-state index >= 15 is 0 Å². The highest BCUT2D eigenvalue weighted by molar-refractivity contribution is 5.88. The van der Waals surface area contributed by atoms with E-state index in [0.717, 1.165) is 42.5 Å². The van der Waals surface area contributed by atoms with E-state index in [1.54, 1.807) is 6.92 Å². The first-order chi connectivity index (χ1) is 16.6. The highest BCUT2D eigenvalue weighted by Gasteiger charge is 2.32. The molecule has 1 saturated heterocycles. The summed E-state index contributed by atoms with van der Waals surface area (Å²) in [5, 5.41) is 4.61. The summed E-state index contributed by atoms with van der Waals surface area (Å²) in [6.07, 6.45) is 3.45. The van der Waals surface area contributed by atoms with Crippen molar-refractivity contribution in [3.8, 4) is 0 Å². The molecule has 178 valence electrons. The van der Waals surface area contributed by atoms with Crippen molar-refractivity contribution in [2.75, 3.05) is 19.7 Å². The summed E-state index contributed by atoms with van der Waals surface area (Å²) in [4.78, 5) is 27.9. The molecule has 4 rings (SSSR count). The van der Waals surface area contributed by atoms with Gasteiger partial charge in [-0.05, 0) is 43.4 Å². The van der Waals surface area contributed by atoms with Crippen LogP contribution < -0.4 is 0 Å². The molecule has 6 heteroatoms. The number of ether oxygens (including phenoxy) is 1. The summed E-state index contributed by atoms with van der Waals surface area (Å²) in [6.45, 7) is 5.58. The number of hydrogen-bond acceptors (Lipinski definition) is 4. The van der Waals surface area contributed by atoms with Gasteiger partial charge in [-0.1, -0.05) is 74.0 Å². The van der Waals surface area contributed by atoms with Crippen LogP contribution in [0, 0.1) is 0 Å². The van der Waals surface area contributed by atoms with Gasteiger partial charge in [-0.15, -0.1) is 0 Å². The van der Waals surface area contributed by atoms with Gasteiger partial charge in [-0.3, -0.25) is 9.48 Å². The van der Waals surface area contributed by atoms with Gasteiger partial charge >= 0.3 is 5.97 Å². The zero-order chi connectivity index (χ0) is 23.9. The van der Waals surface area contributed by atoms with Crippen LogP contribution in [-0.4, -0.2) is 46.3 Å². The SMILES string of the molecule is CCCc1cc(C(=O)OCC)nn1C1CCN(C(=O)C(c2ccccc2)c2ccccc2)CC1. The number of carbonyl (C=O) groups is 2. The van der Waals surface area contributed by atoms with Crippen LogP contribution >= 0.6 is 0 Å². The fourth-order valence-corrected chi connectivity index (χ4v) is 4.78. The molecule has 0 spiro atoms. The van der Waals surface area contributed by atoms with Crippen molar-refractivity contribution < 1.29 is 14.3 Å². The third-order valence-electron chi connectivity index (χ3n) is 6.44. The maximum Gasteiger partial charge on any atom is 0.358 e. The van der Waals surface area contributed by atoms with E-state index in [-0.39, 0.29) is 23.8 Å². The van der Waals surface area contributed by atoms with E-state index in [9.17, 15) is 9.59 Å². The number of piperidine rings is 1. The van der Waals surface area contributed by atoms with E-state index < -0.39 is 0 Å². The van der Waals surface area contributed by atoms with Crippen molar-refractivity contribution in [1.29, 1.82) is 0 Å². The van der Waals surface area contributed by atoms with Crippen molar-refractivity contribution in [2.24, 2.45) is 0 Å². The Morgan fingerprint density at radius 1 is 0.971 bits per heavy atom. The van der Waals surface area contributed by atoms with Crippen molar-refractivity contribution in [3.63, 3.8) is 0 Å². The molecule has 2 heterocycles. The normalized spacial score (nSPS) is 14.4. The van der Waals surface area contributed by atoms with Gasteiger partial charge in [0.1, 0.15) is 0 Å². The monoisotopic (exact) mass is 459 g/mol.